The highest BCUT2D eigenvalue weighted by atomic mass is 16.4. The van der Waals surface area contributed by atoms with Gasteiger partial charge in [0.25, 0.3) is 0 Å². The fraction of sp³-hybridized carbons (Fsp3) is 0.706. The van der Waals surface area contributed by atoms with Crippen LogP contribution >= 0.6 is 0 Å². The molecule has 0 fully saturated rings. The summed E-state index contributed by atoms with van der Waals surface area (Å²) in [6, 6.07) is -1.40. The van der Waals surface area contributed by atoms with E-state index in [0.29, 0.717) is 12.3 Å². The Hall–Kier alpha value is -2.85. The van der Waals surface area contributed by atoms with E-state index in [0.717, 1.165) is 0 Å². The molecule has 0 aromatic carbocycles. The van der Waals surface area contributed by atoms with Gasteiger partial charge in [-0.25, -0.2) is 0 Å². The van der Waals surface area contributed by atoms with Gasteiger partial charge in [-0.3, -0.25) is 24.0 Å². The van der Waals surface area contributed by atoms with E-state index < -0.39 is 41.9 Å². The molecule has 0 bridgehead atoms. The van der Waals surface area contributed by atoms with Crippen molar-refractivity contribution in [1.29, 1.82) is 0 Å². The van der Waals surface area contributed by atoms with Crippen LogP contribution in [-0.2, 0) is 24.0 Å². The Morgan fingerprint density at radius 1 is 0.625 bits per heavy atom. The predicted octanol–water partition coefficient (Wildman–Crippen LogP) is -2.41. The highest BCUT2D eigenvalue weighted by molar-refractivity contribution is 5.73. The minimum absolute atomic E-state index is 0.0208. The molecule has 192 valence electrons. The summed E-state index contributed by atoms with van der Waals surface area (Å²) in [6.07, 6.45) is 0.551. The Balaban J connectivity index is -0.0000000976. The SMILES string of the molecule is CC(C)C[C@H](N)C(=O)O.CC(C)[C@H](N)C(=O)O.NCC(=O)O.NCC(=O)O.NCC(=O)O. The lowest BCUT2D eigenvalue weighted by Gasteiger charge is -2.07. The van der Waals surface area contributed by atoms with E-state index in [4.69, 9.17) is 37.0 Å². The second-order valence-corrected chi connectivity index (χ2v) is 6.48. The molecule has 0 saturated heterocycles. The maximum absolute atomic E-state index is 10.1. The molecule has 0 aromatic heterocycles. The van der Waals surface area contributed by atoms with Gasteiger partial charge in [-0.1, -0.05) is 27.7 Å². The number of hydrogen-bond donors (Lipinski definition) is 10. The molecule has 0 radical (unpaired) electrons. The third kappa shape index (κ3) is 50.6. The second-order valence-electron chi connectivity index (χ2n) is 6.48. The summed E-state index contributed by atoms with van der Waals surface area (Å²) in [6.45, 7) is 6.61. The molecule has 0 unspecified atom stereocenters. The van der Waals surface area contributed by atoms with E-state index in [1.54, 1.807) is 13.8 Å². The Labute approximate surface area is 186 Å². The number of aliphatic carboxylic acids is 5. The van der Waals surface area contributed by atoms with Gasteiger partial charge in [-0.05, 0) is 18.3 Å². The molecule has 0 spiro atoms. The van der Waals surface area contributed by atoms with Gasteiger partial charge in [0.15, 0.2) is 0 Å². The van der Waals surface area contributed by atoms with Crippen molar-refractivity contribution in [2.24, 2.45) is 40.5 Å². The van der Waals surface area contributed by atoms with Crippen LogP contribution in [-0.4, -0.2) is 87.1 Å². The lowest BCUT2D eigenvalue weighted by molar-refractivity contribution is -0.140. The highest BCUT2D eigenvalue weighted by Gasteiger charge is 2.14. The van der Waals surface area contributed by atoms with Gasteiger partial charge in [0.2, 0.25) is 0 Å². The van der Waals surface area contributed by atoms with Gasteiger partial charge in [0, 0.05) is 0 Å². The summed E-state index contributed by atoms with van der Waals surface area (Å²) < 4.78 is 0. The quantitative estimate of drug-likeness (QED) is 0.175. The van der Waals surface area contributed by atoms with Crippen molar-refractivity contribution in [2.75, 3.05) is 19.6 Å². The second kappa shape index (κ2) is 26.2. The Bertz CT molecular complexity index is 497. The number of carboxylic acid groups (broad SMARTS) is 5. The zero-order chi connectivity index (χ0) is 27.0. The molecule has 0 aliphatic heterocycles. The molecule has 32 heavy (non-hydrogen) atoms. The van der Waals surface area contributed by atoms with Crippen LogP contribution in [0, 0.1) is 11.8 Å². The molecule has 0 aliphatic rings. The Morgan fingerprint density at radius 2 is 0.875 bits per heavy atom. The minimum Gasteiger partial charge on any atom is -0.480 e. The van der Waals surface area contributed by atoms with E-state index >= 15 is 0 Å². The van der Waals surface area contributed by atoms with Crippen molar-refractivity contribution in [1.82, 2.24) is 0 Å². The van der Waals surface area contributed by atoms with Crippen LogP contribution < -0.4 is 28.7 Å². The zero-order valence-corrected chi connectivity index (χ0v) is 18.8. The van der Waals surface area contributed by atoms with Crippen LogP contribution in [0.5, 0.6) is 0 Å². The fourth-order valence-corrected chi connectivity index (χ4v) is 0.894. The summed E-state index contributed by atoms with van der Waals surface area (Å²) >= 11 is 0. The molecule has 0 heterocycles. The molecule has 2 atom stereocenters. The van der Waals surface area contributed by atoms with Crippen LogP contribution in [0.2, 0.25) is 0 Å². The van der Waals surface area contributed by atoms with E-state index in [9.17, 15) is 24.0 Å². The standard InChI is InChI=1S/C6H13NO2.C5H11NO2.3C2H5NO2/c1-4(2)3-5(7)6(8)9;1-3(2)4(6)5(7)8;3*3-1-2(4)5/h4-5H,3,7H2,1-2H3,(H,8,9);3-4H,6H2,1-2H3,(H,7,8);3*1,3H2,(H,4,5)/t5-;4-;;;/m00.../s1. The van der Waals surface area contributed by atoms with Crippen molar-refractivity contribution in [3.8, 4) is 0 Å². The zero-order valence-electron chi connectivity index (χ0n) is 18.8. The van der Waals surface area contributed by atoms with Gasteiger partial charge < -0.3 is 54.2 Å². The Kier molecular flexibility index (Phi) is 32.4. The molecule has 15 heteroatoms. The van der Waals surface area contributed by atoms with Crippen LogP contribution in [0.1, 0.15) is 34.1 Å². The number of rotatable bonds is 8. The summed E-state index contributed by atoms with van der Waals surface area (Å²) in [5.41, 5.74) is 24.1. The van der Waals surface area contributed by atoms with E-state index in [-0.39, 0.29) is 25.6 Å². The first kappa shape index (κ1) is 39.6. The average Bonchev–Trinajstić information content (AvgIpc) is 2.68. The first-order valence-corrected chi connectivity index (χ1v) is 9.13. The van der Waals surface area contributed by atoms with Crippen molar-refractivity contribution < 1.29 is 49.5 Å². The van der Waals surface area contributed by atoms with Crippen molar-refractivity contribution in [3.05, 3.63) is 0 Å². The lowest BCUT2D eigenvalue weighted by Crippen LogP contribution is -2.34. The van der Waals surface area contributed by atoms with Crippen molar-refractivity contribution in [2.45, 2.75) is 46.2 Å². The van der Waals surface area contributed by atoms with E-state index in [1.807, 2.05) is 13.8 Å². The number of carboxylic acids is 5. The number of hydrogen-bond acceptors (Lipinski definition) is 10. The van der Waals surface area contributed by atoms with E-state index in [1.165, 1.54) is 0 Å². The monoisotopic (exact) mass is 473 g/mol. The first-order chi connectivity index (χ1) is 14.4. The predicted molar refractivity (Wildman–Crippen MR) is 116 cm³/mol. The molecule has 0 rings (SSSR count). The molecular formula is C17H39N5O10. The largest absolute Gasteiger partial charge is 0.480 e. The van der Waals surface area contributed by atoms with Crippen LogP contribution in [0.4, 0.5) is 0 Å². The van der Waals surface area contributed by atoms with Gasteiger partial charge in [0.1, 0.15) is 12.1 Å². The summed E-state index contributed by atoms with van der Waals surface area (Å²) in [5, 5.41) is 39.3. The topological polar surface area (TPSA) is 317 Å². The Morgan fingerprint density at radius 3 is 0.906 bits per heavy atom. The van der Waals surface area contributed by atoms with E-state index in [2.05, 4.69) is 17.2 Å². The minimum atomic E-state index is -0.968. The van der Waals surface area contributed by atoms with Gasteiger partial charge in [-0.15, -0.1) is 0 Å². The lowest BCUT2D eigenvalue weighted by atomic mass is 10.1. The number of nitrogens with two attached hydrogens (primary N) is 5. The number of carbonyl (C=O) groups is 5. The third-order valence-electron chi connectivity index (χ3n) is 2.57. The van der Waals surface area contributed by atoms with Crippen LogP contribution in [0.3, 0.4) is 0 Å². The normalized spacial score (nSPS) is 10.8. The highest BCUT2D eigenvalue weighted by Crippen LogP contribution is 2.01. The maximum Gasteiger partial charge on any atom is 0.320 e. The summed E-state index contributed by atoms with van der Waals surface area (Å²) in [5.74, 6) is -4.37. The molecular weight excluding hydrogens is 434 g/mol. The summed E-state index contributed by atoms with van der Waals surface area (Å²) in [4.78, 5) is 47.9. The molecule has 15 nitrogen and oxygen atoms in total. The molecule has 0 saturated carbocycles. The molecule has 0 amide bonds. The third-order valence-corrected chi connectivity index (χ3v) is 2.57. The molecule has 15 N–H and O–H groups in total. The summed E-state index contributed by atoms with van der Waals surface area (Å²) in [7, 11) is 0. The average molecular weight is 474 g/mol. The molecule has 0 aromatic rings. The van der Waals surface area contributed by atoms with Crippen molar-refractivity contribution in [3.63, 3.8) is 0 Å². The molecule has 0 aliphatic carbocycles. The first-order valence-electron chi connectivity index (χ1n) is 9.13. The van der Waals surface area contributed by atoms with Gasteiger partial charge in [-0.2, -0.15) is 0 Å². The van der Waals surface area contributed by atoms with Gasteiger partial charge in [0.05, 0.1) is 19.6 Å². The maximum atomic E-state index is 10.1. The van der Waals surface area contributed by atoms with Crippen LogP contribution in [0.25, 0.3) is 0 Å². The fourth-order valence-electron chi connectivity index (χ4n) is 0.894. The smallest absolute Gasteiger partial charge is 0.320 e. The van der Waals surface area contributed by atoms with Crippen molar-refractivity contribution >= 4 is 29.8 Å². The van der Waals surface area contributed by atoms with Crippen LogP contribution in [0.15, 0.2) is 0 Å². The van der Waals surface area contributed by atoms with Gasteiger partial charge >= 0.3 is 29.8 Å².